The third-order valence-corrected chi connectivity index (χ3v) is 2.56. The van der Waals surface area contributed by atoms with Gasteiger partial charge in [0.2, 0.25) is 0 Å². The van der Waals surface area contributed by atoms with Crippen LogP contribution in [0.2, 0.25) is 0 Å². The lowest BCUT2D eigenvalue weighted by Crippen LogP contribution is -2.26. The summed E-state index contributed by atoms with van der Waals surface area (Å²) in [5, 5.41) is 11.9. The van der Waals surface area contributed by atoms with Crippen molar-refractivity contribution in [1.82, 2.24) is 15.1 Å². The van der Waals surface area contributed by atoms with Crippen LogP contribution in [0, 0.1) is 0 Å². The zero-order valence-corrected chi connectivity index (χ0v) is 11.5. The van der Waals surface area contributed by atoms with Crippen LogP contribution in [0.15, 0.2) is 29.4 Å². The molecule has 0 saturated heterocycles. The Bertz CT molecular complexity index is 564. The van der Waals surface area contributed by atoms with Crippen molar-refractivity contribution in [2.75, 3.05) is 18.4 Å². The first-order chi connectivity index (χ1) is 7.81. The molecule has 0 saturated carbocycles. The molecule has 2 N–H and O–H groups in total. The number of halogens is 2. The highest BCUT2D eigenvalue weighted by Crippen LogP contribution is 2.17. The molecule has 0 amide bonds. The minimum atomic E-state index is 0. The molecule has 0 atom stereocenters. The molecule has 5 nitrogen and oxygen atoms in total. The summed E-state index contributed by atoms with van der Waals surface area (Å²) in [4.78, 5) is 4.29. The van der Waals surface area contributed by atoms with Gasteiger partial charge in [0.15, 0.2) is 5.96 Å². The van der Waals surface area contributed by atoms with E-state index >= 15 is 0 Å². The number of guanidine groups is 1. The molecule has 0 spiro atoms. The van der Waals surface area contributed by atoms with Crippen LogP contribution in [0.25, 0.3) is 10.9 Å². The van der Waals surface area contributed by atoms with E-state index in [0.29, 0.717) is 0 Å². The summed E-state index contributed by atoms with van der Waals surface area (Å²) in [7, 11) is 1.93. The molecular formula is C11H15Cl2N5. The second-order valence-electron chi connectivity index (χ2n) is 3.86. The van der Waals surface area contributed by atoms with Crippen LogP contribution in [0.5, 0.6) is 0 Å². The molecule has 0 aliphatic carbocycles. The summed E-state index contributed by atoms with van der Waals surface area (Å²) in [5.74, 6) is 0.843. The number of aromatic nitrogens is 2. The maximum absolute atomic E-state index is 4.36. The highest BCUT2D eigenvalue weighted by molar-refractivity contribution is 5.96. The van der Waals surface area contributed by atoms with Gasteiger partial charge in [-0.05, 0) is 18.2 Å². The van der Waals surface area contributed by atoms with Crippen molar-refractivity contribution in [3.05, 3.63) is 24.4 Å². The maximum atomic E-state index is 4.36. The van der Waals surface area contributed by atoms with E-state index in [1.54, 1.807) is 0 Å². The Hall–Kier alpha value is -1.46. The number of nitrogens with one attached hydrogen (secondary N) is 2. The van der Waals surface area contributed by atoms with Gasteiger partial charge in [0.1, 0.15) is 0 Å². The molecule has 1 aromatic heterocycles. The van der Waals surface area contributed by atoms with Crippen molar-refractivity contribution >= 4 is 47.4 Å². The molecule has 0 fully saturated rings. The summed E-state index contributed by atoms with van der Waals surface area (Å²) >= 11 is 0. The largest absolute Gasteiger partial charge is 0.354 e. The molecular weight excluding hydrogens is 273 g/mol. The minimum absolute atomic E-state index is 0. The average molecular weight is 288 g/mol. The number of hydrogen-bond donors (Lipinski definition) is 2. The third-order valence-electron chi connectivity index (χ3n) is 2.56. The number of nitrogens with zero attached hydrogens (tertiary/aromatic N) is 3. The Morgan fingerprint density at radius 2 is 2.17 bits per heavy atom. The monoisotopic (exact) mass is 287 g/mol. The lowest BCUT2D eigenvalue weighted by molar-refractivity contribution is 0.780. The van der Waals surface area contributed by atoms with Crippen molar-refractivity contribution < 1.29 is 0 Å². The van der Waals surface area contributed by atoms with Gasteiger partial charge in [-0.25, -0.2) is 0 Å². The van der Waals surface area contributed by atoms with Gasteiger partial charge in [-0.1, -0.05) is 0 Å². The van der Waals surface area contributed by atoms with Gasteiger partial charge >= 0.3 is 0 Å². The SMILES string of the molecule is Cl.Cl.Cn1cc2ccc(NC3=NCCN3)cc2n1. The maximum Gasteiger partial charge on any atom is 0.195 e. The van der Waals surface area contributed by atoms with Crippen LogP contribution in [0.1, 0.15) is 0 Å². The summed E-state index contributed by atoms with van der Waals surface area (Å²) in [6.07, 6.45) is 2.00. The Morgan fingerprint density at radius 3 is 2.89 bits per heavy atom. The fourth-order valence-electron chi connectivity index (χ4n) is 1.84. The zero-order chi connectivity index (χ0) is 11.0. The van der Waals surface area contributed by atoms with Crippen LogP contribution in [0.3, 0.4) is 0 Å². The summed E-state index contributed by atoms with van der Waals surface area (Å²) in [5.41, 5.74) is 2.01. The molecule has 1 aromatic carbocycles. The first-order valence-corrected chi connectivity index (χ1v) is 5.30. The molecule has 0 radical (unpaired) electrons. The number of anilines is 1. The van der Waals surface area contributed by atoms with Gasteiger partial charge in [0, 0.05) is 30.9 Å². The molecule has 2 heterocycles. The average Bonchev–Trinajstić information content (AvgIpc) is 2.85. The van der Waals surface area contributed by atoms with Crippen LogP contribution in [0.4, 0.5) is 5.69 Å². The van der Waals surface area contributed by atoms with Gasteiger partial charge in [-0.2, -0.15) is 5.10 Å². The Morgan fingerprint density at radius 1 is 1.33 bits per heavy atom. The fraction of sp³-hybridized carbons (Fsp3) is 0.273. The summed E-state index contributed by atoms with van der Waals surface area (Å²) in [6, 6.07) is 6.12. The number of aryl methyl sites for hydroxylation is 1. The van der Waals surface area contributed by atoms with Gasteiger partial charge in [-0.15, -0.1) is 24.8 Å². The summed E-state index contributed by atoms with van der Waals surface area (Å²) in [6.45, 7) is 1.75. The van der Waals surface area contributed by atoms with E-state index in [-0.39, 0.29) is 24.8 Å². The number of aliphatic imine (C=N–C) groups is 1. The second-order valence-corrected chi connectivity index (χ2v) is 3.86. The predicted molar refractivity (Wildman–Crippen MR) is 79.1 cm³/mol. The lowest BCUT2D eigenvalue weighted by atomic mass is 10.2. The van der Waals surface area contributed by atoms with E-state index in [2.05, 4.69) is 26.8 Å². The first kappa shape index (κ1) is 14.6. The number of benzene rings is 1. The van der Waals surface area contributed by atoms with Gasteiger partial charge in [0.05, 0.1) is 12.1 Å². The highest BCUT2D eigenvalue weighted by atomic mass is 35.5. The van der Waals surface area contributed by atoms with Gasteiger partial charge in [-0.3, -0.25) is 9.67 Å². The topological polar surface area (TPSA) is 54.2 Å². The second kappa shape index (κ2) is 5.93. The molecule has 0 bridgehead atoms. The van der Waals surface area contributed by atoms with E-state index in [9.17, 15) is 0 Å². The molecule has 1 aliphatic heterocycles. The normalized spacial score (nSPS) is 13.3. The fourth-order valence-corrected chi connectivity index (χ4v) is 1.84. The number of rotatable bonds is 1. The number of hydrogen-bond acceptors (Lipinski definition) is 4. The number of fused-ring (bicyclic) bond motifs is 1. The highest BCUT2D eigenvalue weighted by Gasteiger charge is 2.06. The Labute approximate surface area is 117 Å². The van der Waals surface area contributed by atoms with Crippen LogP contribution in [-0.2, 0) is 7.05 Å². The molecule has 2 aromatic rings. The van der Waals surface area contributed by atoms with Gasteiger partial charge < -0.3 is 10.6 Å². The van der Waals surface area contributed by atoms with Crippen LogP contribution in [-0.4, -0.2) is 28.8 Å². The smallest absolute Gasteiger partial charge is 0.195 e. The van der Waals surface area contributed by atoms with E-state index < -0.39 is 0 Å². The molecule has 1 aliphatic rings. The third kappa shape index (κ3) is 2.86. The van der Waals surface area contributed by atoms with Crippen LogP contribution >= 0.6 is 24.8 Å². The Kier molecular flexibility index (Phi) is 4.81. The molecule has 18 heavy (non-hydrogen) atoms. The van der Waals surface area contributed by atoms with E-state index in [4.69, 9.17) is 0 Å². The van der Waals surface area contributed by atoms with E-state index in [1.807, 2.05) is 30.1 Å². The van der Waals surface area contributed by atoms with Crippen molar-refractivity contribution in [2.24, 2.45) is 12.0 Å². The minimum Gasteiger partial charge on any atom is -0.354 e. The van der Waals surface area contributed by atoms with Crippen LogP contribution < -0.4 is 10.6 Å². The summed E-state index contributed by atoms with van der Waals surface area (Å²) < 4.78 is 1.82. The molecule has 98 valence electrons. The Balaban J connectivity index is 0.000000810. The lowest BCUT2D eigenvalue weighted by Gasteiger charge is -2.05. The first-order valence-electron chi connectivity index (χ1n) is 5.30. The zero-order valence-electron chi connectivity index (χ0n) is 9.88. The van der Waals surface area contributed by atoms with E-state index in [1.165, 1.54) is 0 Å². The van der Waals surface area contributed by atoms with Crippen molar-refractivity contribution in [3.63, 3.8) is 0 Å². The van der Waals surface area contributed by atoms with Crippen molar-refractivity contribution in [2.45, 2.75) is 0 Å². The molecule has 3 rings (SSSR count). The standard InChI is InChI=1S/C11H13N5.2ClH/c1-16-7-8-2-3-9(6-10(8)15-16)14-11-12-4-5-13-11;;/h2-3,6-7H,4-5H2,1H3,(H2,12,13,14);2*1H. The quantitative estimate of drug-likeness (QED) is 0.841. The van der Waals surface area contributed by atoms with Crippen molar-refractivity contribution in [3.8, 4) is 0 Å². The predicted octanol–water partition coefficient (Wildman–Crippen LogP) is 1.79. The van der Waals surface area contributed by atoms with Crippen molar-refractivity contribution in [1.29, 1.82) is 0 Å². The molecule has 0 unspecified atom stereocenters. The molecule has 7 heteroatoms. The van der Waals surface area contributed by atoms with Gasteiger partial charge in [0.25, 0.3) is 0 Å². The van der Waals surface area contributed by atoms with E-state index in [0.717, 1.165) is 35.6 Å².